The van der Waals surface area contributed by atoms with Crippen LogP contribution in [0.5, 0.6) is 0 Å². The molecule has 34 heavy (non-hydrogen) atoms. The molecule has 7 heteroatoms. The molecule has 0 atom stereocenters. The lowest BCUT2D eigenvalue weighted by Crippen LogP contribution is -2.31. The number of benzene rings is 2. The number of carbonyl (C=O) groups excluding carboxylic acids is 1. The van der Waals surface area contributed by atoms with Crippen molar-refractivity contribution in [1.29, 1.82) is 0 Å². The maximum absolute atomic E-state index is 13.0. The standard InChI is InChI=1S/C27H30N4O2S/c1-15-7-9-20(10-8-15)23-19(5)34-27-24(23)26(33)28-21(29-27)13-31(6)14-22(32)30-25-17(3)11-16(2)12-18(25)4/h7-12H,13-14H2,1-6H3,(H,30,32)(H,28,29,33). The summed E-state index contributed by atoms with van der Waals surface area (Å²) >= 11 is 1.52. The van der Waals surface area contributed by atoms with Gasteiger partial charge in [-0.2, -0.15) is 0 Å². The van der Waals surface area contributed by atoms with E-state index in [-0.39, 0.29) is 18.0 Å². The summed E-state index contributed by atoms with van der Waals surface area (Å²) < 4.78 is 0. The number of rotatable bonds is 6. The first-order valence-electron chi connectivity index (χ1n) is 11.3. The van der Waals surface area contributed by atoms with Crippen LogP contribution in [0.25, 0.3) is 21.3 Å². The second kappa shape index (κ2) is 9.52. The third kappa shape index (κ3) is 4.95. The fourth-order valence-corrected chi connectivity index (χ4v) is 5.48. The van der Waals surface area contributed by atoms with Crippen LogP contribution in [0.1, 0.15) is 33.0 Å². The van der Waals surface area contributed by atoms with Crippen LogP contribution in [-0.4, -0.2) is 34.4 Å². The minimum Gasteiger partial charge on any atom is -0.324 e. The summed E-state index contributed by atoms with van der Waals surface area (Å²) in [6.45, 7) is 10.7. The van der Waals surface area contributed by atoms with Crippen LogP contribution >= 0.6 is 11.3 Å². The molecule has 2 N–H and O–H groups in total. The van der Waals surface area contributed by atoms with Crippen LogP contribution in [0.4, 0.5) is 5.69 Å². The zero-order valence-electron chi connectivity index (χ0n) is 20.5. The van der Waals surface area contributed by atoms with Crippen molar-refractivity contribution < 1.29 is 4.79 Å². The Bertz CT molecular complexity index is 1410. The van der Waals surface area contributed by atoms with Crippen LogP contribution in [0.2, 0.25) is 0 Å². The second-order valence-electron chi connectivity index (χ2n) is 9.09. The van der Waals surface area contributed by atoms with Gasteiger partial charge in [0, 0.05) is 16.1 Å². The first-order valence-corrected chi connectivity index (χ1v) is 12.1. The van der Waals surface area contributed by atoms with Crippen LogP contribution in [0.15, 0.2) is 41.2 Å². The Morgan fingerprint density at radius 2 is 1.68 bits per heavy atom. The summed E-state index contributed by atoms with van der Waals surface area (Å²) in [5.74, 6) is 0.446. The predicted octanol–water partition coefficient (Wildman–Crippen LogP) is 5.26. The number of thiophene rings is 1. The number of fused-ring (bicyclic) bond motifs is 1. The number of aromatic nitrogens is 2. The first kappa shape index (κ1) is 23.9. The Morgan fingerprint density at radius 1 is 1.03 bits per heavy atom. The monoisotopic (exact) mass is 474 g/mol. The topological polar surface area (TPSA) is 78.1 Å². The van der Waals surface area contributed by atoms with Gasteiger partial charge in [0.2, 0.25) is 5.91 Å². The SMILES string of the molecule is Cc1ccc(-c2c(C)sc3nc(CN(C)CC(=O)Nc4c(C)cc(C)cc4C)[nH]c(=O)c23)cc1. The van der Waals surface area contributed by atoms with Gasteiger partial charge in [-0.25, -0.2) is 4.98 Å². The van der Waals surface area contributed by atoms with Gasteiger partial charge in [-0.1, -0.05) is 47.5 Å². The lowest BCUT2D eigenvalue weighted by atomic mass is 10.0. The highest BCUT2D eigenvalue weighted by molar-refractivity contribution is 7.19. The zero-order chi connectivity index (χ0) is 24.6. The third-order valence-corrected chi connectivity index (χ3v) is 6.90. The largest absolute Gasteiger partial charge is 0.324 e. The van der Waals surface area contributed by atoms with Gasteiger partial charge in [-0.3, -0.25) is 14.5 Å². The number of nitrogens with one attached hydrogen (secondary N) is 2. The van der Waals surface area contributed by atoms with Crippen molar-refractivity contribution in [1.82, 2.24) is 14.9 Å². The first-order chi connectivity index (χ1) is 16.1. The van der Waals surface area contributed by atoms with Gasteiger partial charge >= 0.3 is 0 Å². The molecular weight excluding hydrogens is 444 g/mol. The minimum absolute atomic E-state index is 0.102. The lowest BCUT2D eigenvalue weighted by molar-refractivity contribution is -0.117. The normalized spacial score (nSPS) is 11.4. The van der Waals surface area contributed by atoms with E-state index in [0.29, 0.717) is 17.8 Å². The summed E-state index contributed by atoms with van der Waals surface area (Å²) in [5, 5.41) is 3.65. The van der Waals surface area contributed by atoms with Crippen LogP contribution in [0.3, 0.4) is 0 Å². The number of nitrogens with zero attached hydrogens (tertiary/aromatic N) is 2. The number of hydrogen-bond acceptors (Lipinski definition) is 5. The molecular formula is C27H30N4O2S. The van der Waals surface area contributed by atoms with E-state index in [4.69, 9.17) is 4.98 Å². The van der Waals surface area contributed by atoms with Gasteiger partial charge in [0.25, 0.3) is 5.56 Å². The highest BCUT2D eigenvalue weighted by Crippen LogP contribution is 2.35. The van der Waals surface area contributed by atoms with Crippen LogP contribution < -0.4 is 10.9 Å². The van der Waals surface area contributed by atoms with Crippen molar-refractivity contribution in [3.05, 3.63) is 79.7 Å². The van der Waals surface area contributed by atoms with Crippen molar-refractivity contribution in [2.45, 2.75) is 41.2 Å². The van der Waals surface area contributed by atoms with Gasteiger partial charge in [0.05, 0.1) is 18.5 Å². The Kier molecular flexibility index (Phi) is 6.68. The van der Waals surface area contributed by atoms with Crippen LogP contribution in [-0.2, 0) is 11.3 Å². The van der Waals surface area contributed by atoms with Gasteiger partial charge in [0.15, 0.2) is 0 Å². The molecule has 4 rings (SSSR count). The number of likely N-dealkylation sites (N-methyl/N-ethyl adjacent to an activating group) is 1. The quantitative estimate of drug-likeness (QED) is 0.399. The van der Waals surface area contributed by atoms with E-state index in [0.717, 1.165) is 37.6 Å². The van der Waals surface area contributed by atoms with Gasteiger partial charge in [-0.05, 0) is 58.4 Å². The molecule has 2 heterocycles. The molecule has 0 bridgehead atoms. The highest BCUT2D eigenvalue weighted by atomic mass is 32.1. The summed E-state index contributed by atoms with van der Waals surface area (Å²) in [6.07, 6.45) is 0. The van der Waals surface area contributed by atoms with Crippen molar-refractivity contribution >= 4 is 33.1 Å². The van der Waals surface area contributed by atoms with Crippen molar-refractivity contribution in [3.63, 3.8) is 0 Å². The Morgan fingerprint density at radius 3 is 2.32 bits per heavy atom. The molecule has 2 aromatic carbocycles. The zero-order valence-corrected chi connectivity index (χ0v) is 21.3. The van der Waals surface area contributed by atoms with Gasteiger partial charge < -0.3 is 10.3 Å². The summed E-state index contributed by atoms with van der Waals surface area (Å²) in [4.78, 5) is 37.0. The number of aromatic amines is 1. The van der Waals surface area contributed by atoms with E-state index in [1.54, 1.807) is 0 Å². The minimum atomic E-state index is -0.149. The molecule has 0 unspecified atom stereocenters. The molecule has 176 valence electrons. The van der Waals surface area contributed by atoms with E-state index in [1.165, 1.54) is 22.5 Å². The number of amides is 1. The number of hydrogen-bond donors (Lipinski definition) is 2. The van der Waals surface area contributed by atoms with Crippen LogP contribution in [0, 0.1) is 34.6 Å². The number of H-pyrrole nitrogens is 1. The number of carbonyl (C=O) groups is 1. The van der Waals surface area contributed by atoms with E-state index < -0.39 is 0 Å². The number of anilines is 1. The molecule has 1 amide bonds. The fraction of sp³-hybridized carbons (Fsp3) is 0.296. The van der Waals surface area contributed by atoms with E-state index in [2.05, 4.69) is 22.4 Å². The summed E-state index contributed by atoms with van der Waals surface area (Å²) in [7, 11) is 1.84. The summed E-state index contributed by atoms with van der Waals surface area (Å²) in [6, 6.07) is 12.3. The van der Waals surface area contributed by atoms with Crippen molar-refractivity contribution in [2.75, 3.05) is 18.9 Å². The average molecular weight is 475 g/mol. The Hall–Kier alpha value is -3.29. The van der Waals surface area contributed by atoms with Gasteiger partial charge in [0.1, 0.15) is 10.7 Å². The molecule has 0 aliphatic heterocycles. The van der Waals surface area contributed by atoms with Crippen molar-refractivity contribution in [2.24, 2.45) is 0 Å². The maximum atomic E-state index is 13.0. The molecule has 0 saturated heterocycles. The molecule has 0 aliphatic carbocycles. The lowest BCUT2D eigenvalue weighted by Gasteiger charge is -2.17. The Balaban J connectivity index is 1.52. The Labute approximate surface area is 203 Å². The molecule has 4 aromatic rings. The van der Waals surface area contributed by atoms with Crippen molar-refractivity contribution in [3.8, 4) is 11.1 Å². The van der Waals surface area contributed by atoms with E-state index >= 15 is 0 Å². The maximum Gasteiger partial charge on any atom is 0.260 e. The molecule has 6 nitrogen and oxygen atoms in total. The van der Waals surface area contributed by atoms with E-state index in [1.807, 2.05) is 70.8 Å². The van der Waals surface area contributed by atoms with Gasteiger partial charge in [-0.15, -0.1) is 11.3 Å². The molecule has 2 aromatic heterocycles. The highest BCUT2D eigenvalue weighted by Gasteiger charge is 2.18. The smallest absolute Gasteiger partial charge is 0.260 e. The summed E-state index contributed by atoms with van der Waals surface area (Å²) in [5.41, 5.74) is 7.10. The molecule has 0 aliphatic rings. The van der Waals surface area contributed by atoms with E-state index in [9.17, 15) is 9.59 Å². The molecule has 0 saturated carbocycles. The third-order valence-electron chi connectivity index (χ3n) is 5.90. The predicted molar refractivity (Wildman–Crippen MR) is 141 cm³/mol. The average Bonchev–Trinajstić information content (AvgIpc) is 3.07. The number of aryl methyl sites for hydroxylation is 5. The fourth-order valence-electron chi connectivity index (χ4n) is 4.42. The molecule has 0 radical (unpaired) electrons. The molecule has 0 spiro atoms. The molecule has 0 fully saturated rings. The second-order valence-corrected chi connectivity index (χ2v) is 10.3.